The standard InChI is InChI=1S/C17H29N3O.2ClH/c1-5-20(6-2)12-15-9-7-14(8-10-15)11-19-17(21)16(18)13(3)4;;/h7-10,13,16H,5-6,11-12,18H2,1-4H3,(H,19,21);2*1H. The Labute approximate surface area is 153 Å². The molecule has 1 amide bonds. The Morgan fingerprint density at radius 3 is 2.00 bits per heavy atom. The Morgan fingerprint density at radius 1 is 1.09 bits per heavy atom. The van der Waals surface area contributed by atoms with E-state index < -0.39 is 6.04 Å². The van der Waals surface area contributed by atoms with E-state index in [2.05, 4.69) is 48.3 Å². The van der Waals surface area contributed by atoms with Crippen molar-refractivity contribution < 1.29 is 4.79 Å². The summed E-state index contributed by atoms with van der Waals surface area (Å²) in [6, 6.07) is 7.96. The van der Waals surface area contributed by atoms with Crippen molar-refractivity contribution in [2.24, 2.45) is 11.7 Å². The number of carbonyl (C=O) groups is 1. The summed E-state index contributed by atoms with van der Waals surface area (Å²) in [5.74, 6) is 0.0682. The molecule has 0 heterocycles. The first-order valence-electron chi connectivity index (χ1n) is 7.81. The second kappa shape index (κ2) is 12.6. The number of hydrogen-bond donors (Lipinski definition) is 2. The van der Waals surface area contributed by atoms with Crippen molar-refractivity contribution in [3.8, 4) is 0 Å². The molecule has 23 heavy (non-hydrogen) atoms. The van der Waals surface area contributed by atoms with Gasteiger partial charge < -0.3 is 11.1 Å². The second-order valence-corrected chi connectivity index (χ2v) is 5.77. The van der Waals surface area contributed by atoms with Crippen LogP contribution in [-0.2, 0) is 17.9 Å². The van der Waals surface area contributed by atoms with Gasteiger partial charge in [-0.1, -0.05) is 52.0 Å². The third-order valence-electron chi connectivity index (χ3n) is 3.81. The quantitative estimate of drug-likeness (QED) is 0.746. The molecule has 0 spiro atoms. The van der Waals surface area contributed by atoms with Crippen LogP contribution < -0.4 is 11.1 Å². The number of benzene rings is 1. The van der Waals surface area contributed by atoms with Crippen LogP contribution in [0.25, 0.3) is 0 Å². The molecule has 1 aromatic carbocycles. The summed E-state index contributed by atoms with van der Waals surface area (Å²) >= 11 is 0. The van der Waals surface area contributed by atoms with E-state index in [4.69, 9.17) is 5.73 Å². The fraction of sp³-hybridized carbons (Fsp3) is 0.588. The number of carbonyl (C=O) groups excluding carboxylic acids is 1. The molecular weight excluding hydrogens is 333 g/mol. The van der Waals surface area contributed by atoms with E-state index in [0.29, 0.717) is 6.54 Å². The molecule has 134 valence electrons. The van der Waals surface area contributed by atoms with Gasteiger partial charge in [0.1, 0.15) is 0 Å². The van der Waals surface area contributed by atoms with Crippen molar-refractivity contribution >= 4 is 30.7 Å². The molecule has 0 aliphatic rings. The molecule has 3 N–H and O–H groups in total. The highest BCUT2D eigenvalue weighted by atomic mass is 35.5. The molecule has 6 heteroatoms. The number of nitrogens with one attached hydrogen (secondary N) is 1. The normalized spacial score (nSPS) is 11.6. The van der Waals surface area contributed by atoms with Crippen LogP contribution in [0.3, 0.4) is 0 Å². The summed E-state index contributed by atoms with van der Waals surface area (Å²) in [6.07, 6.45) is 0. The van der Waals surface area contributed by atoms with E-state index in [-0.39, 0.29) is 36.6 Å². The van der Waals surface area contributed by atoms with Crippen molar-refractivity contribution in [1.82, 2.24) is 10.2 Å². The van der Waals surface area contributed by atoms with Crippen LogP contribution in [0.5, 0.6) is 0 Å². The van der Waals surface area contributed by atoms with Crippen LogP contribution in [-0.4, -0.2) is 29.9 Å². The molecule has 1 atom stereocenters. The molecule has 1 rings (SSSR count). The van der Waals surface area contributed by atoms with Crippen molar-refractivity contribution in [3.05, 3.63) is 35.4 Å². The first-order chi connectivity index (χ1) is 9.97. The maximum absolute atomic E-state index is 11.8. The number of amides is 1. The van der Waals surface area contributed by atoms with Crippen LogP contribution in [0.2, 0.25) is 0 Å². The molecule has 4 nitrogen and oxygen atoms in total. The molecule has 0 aliphatic heterocycles. The molecule has 0 saturated carbocycles. The third kappa shape index (κ3) is 8.56. The van der Waals surface area contributed by atoms with Gasteiger partial charge in [-0.3, -0.25) is 9.69 Å². The molecule has 1 unspecified atom stereocenters. The highest BCUT2D eigenvalue weighted by molar-refractivity contribution is 5.85. The lowest BCUT2D eigenvalue weighted by Gasteiger charge is -2.18. The summed E-state index contributed by atoms with van der Waals surface area (Å²) in [5, 5.41) is 2.89. The van der Waals surface area contributed by atoms with Gasteiger partial charge >= 0.3 is 0 Å². The Bertz CT molecular complexity index is 434. The maximum Gasteiger partial charge on any atom is 0.237 e. The van der Waals surface area contributed by atoms with Crippen molar-refractivity contribution in [1.29, 1.82) is 0 Å². The third-order valence-corrected chi connectivity index (χ3v) is 3.81. The first-order valence-corrected chi connectivity index (χ1v) is 7.81. The number of nitrogens with two attached hydrogens (primary N) is 1. The molecule has 1 aromatic rings. The lowest BCUT2D eigenvalue weighted by molar-refractivity contribution is -0.123. The summed E-state index contributed by atoms with van der Waals surface area (Å²) in [4.78, 5) is 14.2. The summed E-state index contributed by atoms with van der Waals surface area (Å²) < 4.78 is 0. The molecule has 0 aromatic heterocycles. The van der Waals surface area contributed by atoms with Crippen LogP contribution in [0.15, 0.2) is 24.3 Å². The molecular formula is C17H31Cl2N3O. The van der Waals surface area contributed by atoms with E-state index in [9.17, 15) is 4.79 Å². The Kier molecular flexibility index (Phi) is 13.4. The molecule has 0 bridgehead atoms. The van der Waals surface area contributed by atoms with Gasteiger partial charge in [0.15, 0.2) is 0 Å². The van der Waals surface area contributed by atoms with E-state index in [1.807, 2.05) is 13.8 Å². The monoisotopic (exact) mass is 363 g/mol. The van der Waals surface area contributed by atoms with Gasteiger partial charge in [0.05, 0.1) is 6.04 Å². The van der Waals surface area contributed by atoms with E-state index in [1.165, 1.54) is 5.56 Å². The Balaban J connectivity index is 0. The number of rotatable bonds is 8. The SMILES string of the molecule is CCN(CC)Cc1ccc(CNC(=O)C(N)C(C)C)cc1.Cl.Cl. The highest BCUT2D eigenvalue weighted by Gasteiger charge is 2.16. The van der Waals surface area contributed by atoms with Gasteiger partial charge in [-0.2, -0.15) is 0 Å². The molecule has 0 aliphatic carbocycles. The molecule has 0 saturated heterocycles. The summed E-state index contributed by atoms with van der Waals surface area (Å²) in [6.45, 7) is 11.9. The summed E-state index contributed by atoms with van der Waals surface area (Å²) in [5.41, 5.74) is 8.21. The fourth-order valence-corrected chi connectivity index (χ4v) is 2.08. The number of hydrogen-bond acceptors (Lipinski definition) is 3. The zero-order valence-electron chi connectivity index (χ0n) is 14.5. The number of halogens is 2. The van der Waals surface area contributed by atoms with Crippen LogP contribution in [0, 0.1) is 5.92 Å². The Hall–Kier alpha value is -0.810. The largest absolute Gasteiger partial charge is 0.351 e. The minimum absolute atomic E-state index is 0. The zero-order valence-corrected chi connectivity index (χ0v) is 16.2. The van der Waals surface area contributed by atoms with Crippen molar-refractivity contribution in [3.63, 3.8) is 0 Å². The zero-order chi connectivity index (χ0) is 15.8. The minimum atomic E-state index is -0.438. The van der Waals surface area contributed by atoms with Gasteiger partial charge in [-0.25, -0.2) is 0 Å². The summed E-state index contributed by atoms with van der Waals surface area (Å²) in [7, 11) is 0. The predicted octanol–water partition coefficient (Wildman–Crippen LogP) is 2.97. The first kappa shape index (κ1) is 24.4. The average Bonchev–Trinajstić information content (AvgIpc) is 2.50. The maximum atomic E-state index is 11.8. The van der Waals surface area contributed by atoms with E-state index in [1.54, 1.807) is 0 Å². The lowest BCUT2D eigenvalue weighted by atomic mass is 10.0. The topological polar surface area (TPSA) is 58.4 Å². The van der Waals surface area contributed by atoms with Crippen molar-refractivity contribution in [2.75, 3.05) is 13.1 Å². The van der Waals surface area contributed by atoms with Gasteiger partial charge in [-0.15, -0.1) is 24.8 Å². The number of nitrogens with zero attached hydrogens (tertiary/aromatic N) is 1. The van der Waals surface area contributed by atoms with Crippen molar-refractivity contribution in [2.45, 2.75) is 46.8 Å². The predicted molar refractivity (Wildman–Crippen MR) is 102 cm³/mol. The Morgan fingerprint density at radius 2 is 1.57 bits per heavy atom. The van der Waals surface area contributed by atoms with Crippen LogP contribution >= 0.6 is 24.8 Å². The molecule has 0 fully saturated rings. The average molecular weight is 364 g/mol. The fourth-order valence-electron chi connectivity index (χ4n) is 2.08. The van der Waals surface area contributed by atoms with Crippen LogP contribution in [0.1, 0.15) is 38.8 Å². The minimum Gasteiger partial charge on any atom is -0.351 e. The van der Waals surface area contributed by atoms with Gasteiger partial charge in [0.2, 0.25) is 5.91 Å². The molecule has 0 radical (unpaired) electrons. The van der Waals surface area contributed by atoms with Gasteiger partial charge in [-0.05, 0) is 30.1 Å². The van der Waals surface area contributed by atoms with Crippen LogP contribution in [0.4, 0.5) is 0 Å². The highest BCUT2D eigenvalue weighted by Crippen LogP contribution is 2.08. The second-order valence-electron chi connectivity index (χ2n) is 5.77. The van der Waals surface area contributed by atoms with E-state index in [0.717, 1.165) is 25.2 Å². The van der Waals surface area contributed by atoms with Gasteiger partial charge in [0, 0.05) is 13.1 Å². The van der Waals surface area contributed by atoms with Gasteiger partial charge in [0.25, 0.3) is 0 Å². The van der Waals surface area contributed by atoms with E-state index >= 15 is 0 Å². The smallest absolute Gasteiger partial charge is 0.237 e. The lowest BCUT2D eigenvalue weighted by Crippen LogP contribution is -2.43.